The van der Waals surface area contributed by atoms with Gasteiger partial charge in [-0.25, -0.2) is 8.96 Å². The summed E-state index contributed by atoms with van der Waals surface area (Å²) in [7, 11) is -2.57. The van der Waals surface area contributed by atoms with Crippen molar-refractivity contribution >= 4 is 48.3 Å². The Balaban J connectivity index is 1.54. The largest absolute Gasteiger partial charge is 0.517 e. The minimum Gasteiger partial charge on any atom is -0.497 e. The van der Waals surface area contributed by atoms with Gasteiger partial charge in [0.25, 0.3) is 5.56 Å². The molecule has 0 radical (unpaired) electrons. The van der Waals surface area contributed by atoms with E-state index in [0.717, 1.165) is 28.1 Å². The number of thiophene rings is 1. The number of benzene rings is 2. The van der Waals surface area contributed by atoms with Crippen molar-refractivity contribution in [3.8, 4) is 17.1 Å². The molecule has 0 saturated heterocycles. The van der Waals surface area contributed by atoms with Crippen LogP contribution in [0, 0.1) is 6.92 Å². The highest BCUT2D eigenvalue weighted by molar-refractivity contribution is 7.91. The molecule has 2 N–H and O–H groups in total. The van der Waals surface area contributed by atoms with E-state index in [1.54, 1.807) is 37.4 Å². The van der Waals surface area contributed by atoms with E-state index < -0.39 is 33.0 Å². The maximum atomic E-state index is 14.9. The van der Waals surface area contributed by atoms with Crippen LogP contribution in [-0.4, -0.2) is 76.8 Å². The molecular weight excluding hydrogens is 692 g/mol. The summed E-state index contributed by atoms with van der Waals surface area (Å²) in [6.07, 6.45) is 2.80. The Labute approximate surface area is 291 Å². The zero-order valence-corrected chi connectivity index (χ0v) is 29.5. The molecule has 1 saturated carbocycles. The molecule has 0 spiro atoms. The molecule has 0 bridgehead atoms. The number of likely N-dealkylation sites (N-methyl/N-ethyl adjacent to an activating group) is 1. The second-order valence-electron chi connectivity index (χ2n) is 13.3. The zero-order valence-electron chi connectivity index (χ0n) is 27.9. The first-order chi connectivity index (χ1) is 23.7. The number of anilines is 1. The van der Waals surface area contributed by atoms with Gasteiger partial charge in [0.1, 0.15) is 11.3 Å². The average molecular weight is 730 g/mol. The third-order valence-corrected chi connectivity index (χ3v) is 12.3. The van der Waals surface area contributed by atoms with Crippen LogP contribution in [0.4, 0.5) is 18.9 Å². The Bertz CT molecular complexity index is 2250. The number of alkyl halides is 3. The standard InChI is InChI=1S/C35H38F3N5O5S2/c1-20-16-29-32(49-20)31(39-24-6-8-25(44)9-7-24)30(34(45)42(29)19-21-4-10-26(48-3)11-5-21)33-40-27-17-22-12-14-41(2)15-13-23(22)18-28(27)43(33)50(46,47)35(36,37)38/h4-5,10-11,16-18,24-25,39,44H,6-9,12-15,19H2,1-3H3. The van der Waals surface area contributed by atoms with Gasteiger partial charge in [-0.1, -0.05) is 12.1 Å². The summed E-state index contributed by atoms with van der Waals surface area (Å²) in [4.78, 5) is 22.5. The van der Waals surface area contributed by atoms with Crippen LogP contribution >= 0.6 is 11.3 Å². The molecule has 0 amide bonds. The van der Waals surface area contributed by atoms with Crippen LogP contribution in [0.5, 0.6) is 5.75 Å². The molecule has 1 fully saturated rings. The van der Waals surface area contributed by atoms with E-state index in [0.29, 0.717) is 61.0 Å². The summed E-state index contributed by atoms with van der Waals surface area (Å²) in [6, 6.07) is 11.9. The lowest BCUT2D eigenvalue weighted by molar-refractivity contribution is -0.0444. The normalized spacial score (nSPS) is 19.1. The van der Waals surface area contributed by atoms with Crippen LogP contribution in [0.1, 0.15) is 47.3 Å². The van der Waals surface area contributed by atoms with Gasteiger partial charge in [0.05, 0.1) is 46.7 Å². The molecular formula is C35H38F3N5O5S2. The van der Waals surface area contributed by atoms with Crippen molar-refractivity contribution in [3.63, 3.8) is 0 Å². The zero-order chi connectivity index (χ0) is 35.5. The van der Waals surface area contributed by atoms with Crippen LogP contribution in [0.3, 0.4) is 0 Å². The first kappa shape index (κ1) is 34.5. The Morgan fingerprint density at radius 2 is 1.68 bits per heavy atom. The van der Waals surface area contributed by atoms with Gasteiger partial charge in [0, 0.05) is 24.0 Å². The molecule has 5 aromatic rings. The third-order valence-electron chi connectivity index (χ3n) is 9.82. The number of rotatable bonds is 7. The maximum absolute atomic E-state index is 14.9. The second-order valence-corrected chi connectivity index (χ2v) is 16.3. The predicted octanol–water partition coefficient (Wildman–Crippen LogP) is 5.89. The molecule has 15 heteroatoms. The number of halogens is 3. The maximum Gasteiger partial charge on any atom is 0.517 e. The fourth-order valence-corrected chi connectivity index (χ4v) is 9.08. The van der Waals surface area contributed by atoms with E-state index in [1.165, 1.54) is 22.0 Å². The molecule has 1 aliphatic heterocycles. The smallest absolute Gasteiger partial charge is 0.497 e. The molecule has 3 aromatic heterocycles. The molecule has 1 aliphatic carbocycles. The van der Waals surface area contributed by atoms with Crippen LogP contribution in [0.2, 0.25) is 0 Å². The number of nitrogens with zero attached hydrogens (tertiary/aromatic N) is 4. The molecule has 266 valence electrons. The van der Waals surface area contributed by atoms with E-state index in [-0.39, 0.29) is 38.8 Å². The van der Waals surface area contributed by atoms with Crippen molar-refractivity contribution in [1.29, 1.82) is 0 Å². The van der Waals surface area contributed by atoms with Crippen molar-refractivity contribution in [2.24, 2.45) is 0 Å². The van der Waals surface area contributed by atoms with Gasteiger partial charge in [-0.05, 0) is 99.5 Å². The fraction of sp³-hybridized carbons (Fsp3) is 0.429. The predicted molar refractivity (Wildman–Crippen MR) is 189 cm³/mol. The number of aromatic nitrogens is 3. The molecule has 7 rings (SSSR count). The molecule has 2 aromatic carbocycles. The topological polar surface area (TPSA) is 119 Å². The summed E-state index contributed by atoms with van der Waals surface area (Å²) in [5.74, 6) is 0.0287. The minimum absolute atomic E-state index is 0.0615. The van der Waals surface area contributed by atoms with Crippen molar-refractivity contribution < 1.29 is 31.4 Å². The number of methoxy groups -OCH3 is 1. The summed E-state index contributed by atoms with van der Waals surface area (Å²) in [6.45, 7) is 3.31. The van der Waals surface area contributed by atoms with Crippen LogP contribution in [0.15, 0.2) is 47.3 Å². The Morgan fingerprint density at radius 1 is 1.02 bits per heavy atom. The van der Waals surface area contributed by atoms with Gasteiger partial charge < -0.3 is 24.6 Å². The lowest BCUT2D eigenvalue weighted by Gasteiger charge is -2.28. The average Bonchev–Trinajstić information content (AvgIpc) is 3.59. The molecule has 2 aliphatic rings. The number of aryl methyl sites for hydroxylation is 1. The number of hydrogen-bond acceptors (Lipinski definition) is 9. The molecule has 0 unspecified atom stereocenters. The number of imidazole rings is 1. The van der Waals surface area contributed by atoms with Gasteiger partial charge >= 0.3 is 15.5 Å². The van der Waals surface area contributed by atoms with Crippen LogP contribution < -0.4 is 15.6 Å². The van der Waals surface area contributed by atoms with Gasteiger partial charge in [-0.2, -0.15) is 21.6 Å². The quantitative estimate of drug-likeness (QED) is 0.213. The summed E-state index contributed by atoms with van der Waals surface area (Å²) >= 11 is 1.36. The highest BCUT2D eigenvalue weighted by Crippen LogP contribution is 2.42. The Hall–Kier alpha value is -3.92. The second kappa shape index (κ2) is 13.0. The molecule has 4 heterocycles. The van der Waals surface area contributed by atoms with Crippen molar-refractivity contribution in [2.45, 2.75) is 69.6 Å². The van der Waals surface area contributed by atoms with E-state index in [1.807, 2.05) is 20.0 Å². The molecule has 50 heavy (non-hydrogen) atoms. The monoisotopic (exact) mass is 729 g/mol. The van der Waals surface area contributed by atoms with E-state index in [4.69, 9.17) is 4.74 Å². The van der Waals surface area contributed by atoms with Crippen molar-refractivity contribution in [3.05, 3.63) is 74.4 Å². The number of pyridine rings is 1. The number of nitrogens with one attached hydrogen (secondary N) is 1. The third kappa shape index (κ3) is 6.18. The van der Waals surface area contributed by atoms with E-state index in [9.17, 15) is 31.5 Å². The van der Waals surface area contributed by atoms with Gasteiger partial charge in [-0.15, -0.1) is 11.3 Å². The van der Waals surface area contributed by atoms with E-state index >= 15 is 0 Å². The Morgan fingerprint density at radius 3 is 2.32 bits per heavy atom. The highest BCUT2D eigenvalue weighted by Gasteiger charge is 2.50. The number of hydrogen-bond donors (Lipinski definition) is 2. The summed E-state index contributed by atoms with van der Waals surface area (Å²) < 4.78 is 78.5. The van der Waals surface area contributed by atoms with Gasteiger partial charge in [0.15, 0.2) is 5.82 Å². The van der Waals surface area contributed by atoms with E-state index in [2.05, 4.69) is 15.2 Å². The van der Waals surface area contributed by atoms with Crippen LogP contribution in [0.25, 0.3) is 32.6 Å². The van der Waals surface area contributed by atoms with Crippen LogP contribution in [-0.2, 0) is 29.4 Å². The van der Waals surface area contributed by atoms with Gasteiger partial charge in [-0.3, -0.25) is 4.79 Å². The lowest BCUT2D eigenvalue weighted by Crippen LogP contribution is -2.33. The fourth-order valence-electron chi connectivity index (χ4n) is 7.08. The van der Waals surface area contributed by atoms with Gasteiger partial charge in [0.2, 0.25) is 0 Å². The number of fused-ring (bicyclic) bond motifs is 3. The van der Waals surface area contributed by atoms with Crippen molar-refractivity contribution in [1.82, 2.24) is 18.4 Å². The Kier molecular flexibility index (Phi) is 8.98. The molecule has 10 nitrogen and oxygen atoms in total. The lowest BCUT2D eigenvalue weighted by atomic mass is 9.93. The number of aliphatic hydroxyl groups is 1. The first-order valence-electron chi connectivity index (χ1n) is 16.5. The minimum atomic E-state index is -6.06. The number of ether oxygens (including phenoxy) is 1. The molecule has 0 atom stereocenters. The number of aliphatic hydroxyl groups excluding tert-OH is 1. The summed E-state index contributed by atoms with van der Waals surface area (Å²) in [5, 5.41) is 13.6. The highest BCUT2D eigenvalue weighted by atomic mass is 32.2. The van der Waals surface area contributed by atoms with Crippen molar-refractivity contribution in [2.75, 3.05) is 32.6 Å². The first-order valence-corrected chi connectivity index (χ1v) is 18.8. The SMILES string of the molecule is COc1ccc(Cn2c(=O)c(-c3nc4cc5c(cc4n3S(=O)(=O)C(F)(F)F)CCN(C)CC5)c(NC3CCC(O)CC3)c3sc(C)cc32)cc1. The summed E-state index contributed by atoms with van der Waals surface area (Å²) in [5.41, 5.74) is -3.62.